The fourth-order valence-electron chi connectivity index (χ4n) is 2.32. The predicted octanol–water partition coefficient (Wildman–Crippen LogP) is 3.69. The minimum atomic E-state index is -2.86. The highest BCUT2D eigenvalue weighted by Gasteiger charge is 2.27. The molecule has 0 saturated heterocycles. The van der Waals surface area contributed by atoms with Gasteiger partial charge < -0.3 is 4.74 Å². The first kappa shape index (κ1) is 13.0. The number of rotatable bonds is 2. The van der Waals surface area contributed by atoms with E-state index in [1.807, 2.05) is 13.8 Å². The first-order valence-corrected chi connectivity index (χ1v) is 6.11. The summed E-state index contributed by atoms with van der Waals surface area (Å²) in [6, 6.07) is 4.66. The third-order valence-corrected chi connectivity index (χ3v) is 3.71. The SMILES string of the molecule is CC1CCc2ccc(OC(F)F)cc2C(=O)C1C. The number of alkyl halides is 2. The average Bonchev–Trinajstić information content (AvgIpc) is 2.42. The van der Waals surface area contributed by atoms with Gasteiger partial charge in [0.25, 0.3) is 0 Å². The van der Waals surface area contributed by atoms with Crippen molar-refractivity contribution < 1.29 is 18.3 Å². The summed E-state index contributed by atoms with van der Waals surface area (Å²) in [6.07, 6.45) is 1.75. The zero-order valence-corrected chi connectivity index (χ0v) is 10.5. The summed E-state index contributed by atoms with van der Waals surface area (Å²) in [7, 11) is 0. The van der Waals surface area contributed by atoms with E-state index in [0.29, 0.717) is 11.5 Å². The number of ether oxygens (including phenoxy) is 1. The van der Waals surface area contributed by atoms with Crippen LogP contribution in [0.5, 0.6) is 5.75 Å². The van der Waals surface area contributed by atoms with Gasteiger partial charge in [0.1, 0.15) is 5.75 Å². The van der Waals surface area contributed by atoms with E-state index in [9.17, 15) is 13.6 Å². The summed E-state index contributed by atoms with van der Waals surface area (Å²) in [5.41, 5.74) is 1.46. The Morgan fingerprint density at radius 1 is 1.33 bits per heavy atom. The van der Waals surface area contributed by atoms with Crippen molar-refractivity contribution in [2.24, 2.45) is 11.8 Å². The van der Waals surface area contributed by atoms with E-state index in [2.05, 4.69) is 4.74 Å². The molecule has 0 amide bonds. The monoisotopic (exact) mass is 254 g/mol. The van der Waals surface area contributed by atoms with E-state index in [1.165, 1.54) is 12.1 Å². The molecule has 0 aliphatic heterocycles. The van der Waals surface area contributed by atoms with Gasteiger partial charge in [0.15, 0.2) is 5.78 Å². The maximum Gasteiger partial charge on any atom is 0.387 e. The lowest BCUT2D eigenvalue weighted by atomic mass is 9.89. The third kappa shape index (κ3) is 2.52. The van der Waals surface area contributed by atoms with Crippen LogP contribution in [0.1, 0.15) is 36.2 Å². The number of carbonyl (C=O) groups excluding carboxylic acids is 1. The molecule has 2 nitrogen and oxygen atoms in total. The van der Waals surface area contributed by atoms with Gasteiger partial charge in [0.05, 0.1) is 0 Å². The molecule has 0 bridgehead atoms. The summed E-state index contributed by atoms with van der Waals surface area (Å²) < 4.78 is 28.7. The number of aryl methyl sites for hydroxylation is 1. The highest BCUT2D eigenvalue weighted by molar-refractivity contribution is 5.99. The molecule has 2 rings (SSSR count). The van der Waals surface area contributed by atoms with Crippen LogP contribution in [0.25, 0.3) is 0 Å². The zero-order chi connectivity index (χ0) is 13.3. The molecule has 0 aromatic heterocycles. The topological polar surface area (TPSA) is 26.3 Å². The molecule has 1 aliphatic rings. The second-order valence-corrected chi connectivity index (χ2v) is 4.87. The number of hydrogen-bond donors (Lipinski definition) is 0. The Labute approximate surface area is 105 Å². The van der Waals surface area contributed by atoms with Crippen molar-refractivity contribution in [3.63, 3.8) is 0 Å². The second kappa shape index (κ2) is 5.04. The Kier molecular flexibility index (Phi) is 3.64. The molecule has 0 radical (unpaired) electrons. The van der Waals surface area contributed by atoms with E-state index >= 15 is 0 Å². The predicted molar refractivity (Wildman–Crippen MR) is 64.1 cm³/mol. The van der Waals surface area contributed by atoms with Crippen molar-refractivity contribution in [1.82, 2.24) is 0 Å². The Hall–Kier alpha value is -1.45. The minimum absolute atomic E-state index is 0.0229. The molecular weight excluding hydrogens is 238 g/mol. The van der Waals surface area contributed by atoms with Gasteiger partial charge >= 0.3 is 6.61 Å². The number of benzene rings is 1. The molecule has 2 atom stereocenters. The standard InChI is InChI=1S/C14H16F2O2/c1-8-3-4-10-5-6-11(18-14(15)16)7-12(10)13(17)9(8)2/h5-9,14H,3-4H2,1-2H3. The summed E-state index contributed by atoms with van der Waals surface area (Å²) in [4.78, 5) is 12.2. The molecular formula is C14H16F2O2. The van der Waals surface area contributed by atoms with E-state index < -0.39 is 6.61 Å². The Balaban J connectivity index is 2.36. The summed E-state index contributed by atoms with van der Waals surface area (Å²) >= 11 is 0. The highest BCUT2D eigenvalue weighted by Crippen LogP contribution is 2.31. The van der Waals surface area contributed by atoms with Gasteiger partial charge in [-0.15, -0.1) is 0 Å². The largest absolute Gasteiger partial charge is 0.435 e. The van der Waals surface area contributed by atoms with Crippen LogP contribution >= 0.6 is 0 Å². The van der Waals surface area contributed by atoms with Crippen LogP contribution in [0.15, 0.2) is 18.2 Å². The van der Waals surface area contributed by atoms with Crippen LogP contribution < -0.4 is 4.74 Å². The average molecular weight is 254 g/mol. The molecule has 18 heavy (non-hydrogen) atoms. The second-order valence-electron chi connectivity index (χ2n) is 4.87. The van der Waals surface area contributed by atoms with Crippen LogP contribution in [0, 0.1) is 11.8 Å². The quantitative estimate of drug-likeness (QED) is 0.752. The summed E-state index contributed by atoms with van der Waals surface area (Å²) in [6.45, 7) is 1.08. The Morgan fingerprint density at radius 2 is 2.06 bits per heavy atom. The van der Waals surface area contributed by atoms with Crippen molar-refractivity contribution in [3.05, 3.63) is 29.3 Å². The van der Waals surface area contributed by atoms with Crippen molar-refractivity contribution in [3.8, 4) is 5.75 Å². The molecule has 0 N–H and O–H groups in total. The molecule has 98 valence electrons. The molecule has 4 heteroatoms. The first-order chi connectivity index (χ1) is 8.49. The summed E-state index contributed by atoms with van der Waals surface area (Å²) in [5, 5.41) is 0. The van der Waals surface area contributed by atoms with Crippen LogP contribution in [-0.2, 0) is 6.42 Å². The summed E-state index contributed by atoms with van der Waals surface area (Å²) in [5.74, 6) is 0.311. The van der Waals surface area contributed by atoms with Gasteiger partial charge in [-0.3, -0.25) is 4.79 Å². The molecule has 0 fully saturated rings. The first-order valence-electron chi connectivity index (χ1n) is 6.11. The van der Waals surface area contributed by atoms with Crippen LogP contribution in [0.3, 0.4) is 0 Å². The number of hydrogen-bond acceptors (Lipinski definition) is 2. The maximum absolute atomic E-state index is 12.2. The van der Waals surface area contributed by atoms with Crippen molar-refractivity contribution in [2.75, 3.05) is 0 Å². The van der Waals surface area contributed by atoms with Crippen molar-refractivity contribution >= 4 is 5.78 Å². The van der Waals surface area contributed by atoms with E-state index in [0.717, 1.165) is 18.4 Å². The number of halogens is 2. The van der Waals surface area contributed by atoms with Gasteiger partial charge in [0.2, 0.25) is 0 Å². The maximum atomic E-state index is 12.2. The molecule has 1 aromatic carbocycles. The Bertz CT molecular complexity index is 457. The minimum Gasteiger partial charge on any atom is -0.435 e. The van der Waals surface area contributed by atoms with Crippen LogP contribution in [0.4, 0.5) is 8.78 Å². The van der Waals surface area contributed by atoms with Gasteiger partial charge in [-0.25, -0.2) is 0 Å². The van der Waals surface area contributed by atoms with Crippen LogP contribution in [0.2, 0.25) is 0 Å². The van der Waals surface area contributed by atoms with E-state index in [1.54, 1.807) is 6.07 Å². The number of ketones is 1. The van der Waals surface area contributed by atoms with E-state index in [4.69, 9.17) is 0 Å². The fourth-order valence-corrected chi connectivity index (χ4v) is 2.32. The van der Waals surface area contributed by atoms with Crippen molar-refractivity contribution in [1.29, 1.82) is 0 Å². The number of fused-ring (bicyclic) bond motifs is 1. The highest BCUT2D eigenvalue weighted by atomic mass is 19.3. The van der Waals surface area contributed by atoms with Gasteiger partial charge in [-0.05, 0) is 36.5 Å². The van der Waals surface area contributed by atoms with Crippen molar-refractivity contribution in [2.45, 2.75) is 33.3 Å². The smallest absolute Gasteiger partial charge is 0.387 e. The molecule has 0 heterocycles. The van der Waals surface area contributed by atoms with Gasteiger partial charge in [-0.1, -0.05) is 19.9 Å². The molecule has 0 saturated carbocycles. The normalized spacial score (nSPS) is 23.7. The molecule has 1 aromatic rings. The molecule has 2 unspecified atom stereocenters. The lowest BCUT2D eigenvalue weighted by Gasteiger charge is -2.14. The van der Waals surface area contributed by atoms with E-state index in [-0.39, 0.29) is 17.5 Å². The molecule has 0 spiro atoms. The lowest BCUT2D eigenvalue weighted by Crippen LogP contribution is -2.17. The number of carbonyl (C=O) groups is 1. The third-order valence-electron chi connectivity index (χ3n) is 3.71. The Morgan fingerprint density at radius 3 is 2.72 bits per heavy atom. The van der Waals surface area contributed by atoms with Gasteiger partial charge in [-0.2, -0.15) is 8.78 Å². The van der Waals surface area contributed by atoms with Crippen LogP contribution in [-0.4, -0.2) is 12.4 Å². The fraction of sp³-hybridized carbons (Fsp3) is 0.500. The molecule has 1 aliphatic carbocycles. The lowest BCUT2D eigenvalue weighted by molar-refractivity contribution is -0.0499. The zero-order valence-electron chi connectivity index (χ0n) is 10.5. The van der Waals surface area contributed by atoms with Gasteiger partial charge in [0, 0.05) is 11.5 Å². The number of Topliss-reactive ketones (excluding diaryl/α,β-unsaturated/α-hetero) is 1.